The van der Waals surface area contributed by atoms with Gasteiger partial charge in [0, 0.05) is 12.1 Å². The predicted octanol–water partition coefficient (Wildman–Crippen LogP) is 1.74. The molecule has 0 aromatic heterocycles. The molecular formula is C12H19ClN2O. The van der Waals surface area contributed by atoms with Crippen LogP contribution >= 0.6 is 12.4 Å². The van der Waals surface area contributed by atoms with Crippen LogP contribution in [0.2, 0.25) is 0 Å². The van der Waals surface area contributed by atoms with Gasteiger partial charge >= 0.3 is 0 Å². The van der Waals surface area contributed by atoms with Crippen LogP contribution in [-0.4, -0.2) is 19.0 Å². The second kappa shape index (κ2) is 7.25. The summed E-state index contributed by atoms with van der Waals surface area (Å²) in [4.78, 5) is 11.6. The van der Waals surface area contributed by atoms with Gasteiger partial charge < -0.3 is 11.1 Å². The van der Waals surface area contributed by atoms with Crippen molar-refractivity contribution in [1.82, 2.24) is 5.32 Å². The fraction of sp³-hybridized carbons (Fsp3) is 0.417. The minimum atomic E-state index is -0.0321. The molecule has 3 N–H and O–H groups in total. The van der Waals surface area contributed by atoms with Crippen LogP contribution in [0.4, 0.5) is 0 Å². The first-order chi connectivity index (χ1) is 7.13. The SMILES string of the molecule is Cc1ccc(C(=O)NCC(C)CN)cc1.Cl. The molecule has 0 aliphatic heterocycles. The van der Waals surface area contributed by atoms with Crippen molar-refractivity contribution in [3.63, 3.8) is 0 Å². The zero-order chi connectivity index (χ0) is 11.3. The summed E-state index contributed by atoms with van der Waals surface area (Å²) in [5.74, 6) is 0.287. The van der Waals surface area contributed by atoms with Gasteiger partial charge in [0.05, 0.1) is 0 Å². The zero-order valence-electron chi connectivity index (χ0n) is 9.69. The van der Waals surface area contributed by atoms with E-state index < -0.39 is 0 Å². The highest BCUT2D eigenvalue weighted by molar-refractivity contribution is 5.94. The Labute approximate surface area is 103 Å². The van der Waals surface area contributed by atoms with E-state index in [-0.39, 0.29) is 18.3 Å². The molecule has 0 saturated heterocycles. The van der Waals surface area contributed by atoms with Crippen LogP contribution in [-0.2, 0) is 0 Å². The molecule has 0 saturated carbocycles. The fourth-order valence-electron chi connectivity index (χ4n) is 1.16. The molecule has 0 spiro atoms. The molecule has 1 atom stereocenters. The molecule has 16 heavy (non-hydrogen) atoms. The van der Waals surface area contributed by atoms with Gasteiger partial charge in [-0.05, 0) is 31.5 Å². The lowest BCUT2D eigenvalue weighted by atomic mass is 10.1. The Morgan fingerprint density at radius 1 is 1.38 bits per heavy atom. The van der Waals surface area contributed by atoms with E-state index in [2.05, 4.69) is 5.32 Å². The highest BCUT2D eigenvalue weighted by Crippen LogP contribution is 2.02. The van der Waals surface area contributed by atoms with Crippen LogP contribution in [0.5, 0.6) is 0 Å². The van der Waals surface area contributed by atoms with Crippen molar-refractivity contribution < 1.29 is 4.79 Å². The van der Waals surface area contributed by atoms with Crippen molar-refractivity contribution in [3.8, 4) is 0 Å². The van der Waals surface area contributed by atoms with Gasteiger partial charge in [-0.3, -0.25) is 4.79 Å². The zero-order valence-corrected chi connectivity index (χ0v) is 10.5. The Kier molecular flexibility index (Phi) is 6.77. The van der Waals surface area contributed by atoms with Gasteiger partial charge in [0.25, 0.3) is 5.91 Å². The number of nitrogens with two attached hydrogens (primary N) is 1. The van der Waals surface area contributed by atoms with Crippen LogP contribution in [0.3, 0.4) is 0 Å². The van der Waals surface area contributed by atoms with Crippen LogP contribution in [0, 0.1) is 12.8 Å². The highest BCUT2D eigenvalue weighted by atomic mass is 35.5. The Bertz CT molecular complexity index is 324. The van der Waals surface area contributed by atoms with Crippen molar-refractivity contribution in [2.75, 3.05) is 13.1 Å². The number of amides is 1. The third-order valence-electron chi connectivity index (χ3n) is 2.33. The van der Waals surface area contributed by atoms with E-state index in [9.17, 15) is 4.79 Å². The molecule has 1 rings (SSSR count). The molecule has 0 aliphatic carbocycles. The molecule has 0 bridgehead atoms. The molecule has 1 amide bonds. The summed E-state index contributed by atoms with van der Waals surface area (Å²) in [6.45, 7) is 5.23. The van der Waals surface area contributed by atoms with Crippen molar-refractivity contribution >= 4 is 18.3 Å². The number of nitrogens with one attached hydrogen (secondary N) is 1. The number of aryl methyl sites for hydroxylation is 1. The summed E-state index contributed by atoms with van der Waals surface area (Å²) >= 11 is 0. The standard InChI is InChI=1S/C12H18N2O.ClH/c1-9-3-5-11(6-4-9)12(15)14-8-10(2)7-13;/h3-6,10H,7-8,13H2,1-2H3,(H,14,15);1H. The monoisotopic (exact) mass is 242 g/mol. The van der Waals surface area contributed by atoms with Crippen molar-refractivity contribution in [2.24, 2.45) is 11.7 Å². The van der Waals surface area contributed by atoms with Gasteiger partial charge in [0.1, 0.15) is 0 Å². The van der Waals surface area contributed by atoms with Crippen LogP contribution < -0.4 is 11.1 Å². The molecular weight excluding hydrogens is 224 g/mol. The molecule has 0 radical (unpaired) electrons. The lowest BCUT2D eigenvalue weighted by molar-refractivity contribution is 0.0948. The topological polar surface area (TPSA) is 55.1 Å². The average Bonchev–Trinajstić information content (AvgIpc) is 2.26. The van der Waals surface area contributed by atoms with Crippen LogP contribution in [0.15, 0.2) is 24.3 Å². The second-order valence-corrected chi connectivity index (χ2v) is 3.92. The second-order valence-electron chi connectivity index (χ2n) is 3.92. The normalized spacial score (nSPS) is 11.4. The van der Waals surface area contributed by atoms with Gasteiger partial charge in [-0.25, -0.2) is 0 Å². The van der Waals surface area contributed by atoms with E-state index >= 15 is 0 Å². The van der Waals surface area contributed by atoms with Crippen molar-refractivity contribution in [1.29, 1.82) is 0 Å². The maximum Gasteiger partial charge on any atom is 0.251 e. The third-order valence-corrected chi connectivity index (χ3v) is 2.33. The van der Waals surface area contributed by atoms with Gasteiger partial charge in [-0.1, -0.05) is 24.6 Å². The van der Waals surface area contributed by atoms with E-state index in [1.807, 2.05) is 38.1 Å². The summed E-state index contributed by atoms with van der Waals surface area (Å²) in [6.07, 6.45) is 0. The Morgan fingerprint density at radius 2 is 1.94 bits per heavy atom. The fourth-order valence-corrected chi connectivity index (χ4v) is 1.16. The molecule has 1 aromatic carbocycles. The number of rotatable bonds is 4. The number of carbonyl (C=O) groups is 1. The minimum absolute atomic E-state index is 0. The average molecular weight is 243 g/mol. The van der Waals surface area contributed by atoms with E-state index in [4.69, 9.17) is 5.73 Å². The number of hydrogen-bond donors (Lipinski definition) is 2. The third kappa shape index (κ3) is 4.64. The van der Waals surface area contributed by atoms with Gasteiger partial charge in [0.15, 0.2) is 0 Å². The van der Waals surface area contributed by atoms with E-state index in [0.29, 0.717) is 24.6 Å². The molecule has 3 nitrogen and oxygen atoms in total. The van der Waals surface area contributed by atoms with Crippen molar-refractivity contribution in [2.45, 2.75) is 13.8 Å². The van der Waals surface area contributed by atoms with E-state index in [1.54, 1.807) is 0 Å². The lowest BCUT2D eigenvalue weighted by Gasteiger charge is -2.10. The number of hydrogen-bond acceptors (Lipinski definition) is 2. The quantitative estimate of drug-likeness (QED) is 0.845. The first kappa shape index (κ1) is 14.9. The maximum absolute atomic E-state index is 11.6. The predicted molar refractivity (Wildman–Crippen MR) is 69.0 cm³/mol. The Hall–Kier alpha value is -1.06. The molecule has 0 aliphatic rings. The molecule has 0 heterocycles. The van der Waals surface area contributed by atoms with Gasteiger partial charge in [-0.2, -0.15) is 0 Å². The summed E-state index contributed by atoms with van der Waals surface area (Å²) in [5, 5.41) is 2.85. The Morgan fingerprint density at radius 3 is 2.44 bits per heavy atom. The summed E-state index contributed by atoms with van der Waals surface area (Å²) in [6, 6.07) is 7.53. The lowest BCUT2D eigenvalue weighted by Crippen LogP contribution is -2.31. The summed E-state index contributed by atoms with van der Waals surface area (Å²) in [7, 11) is 0. The van der Waals surface area contributed by atoms with E-state index in [0.717, 1.165) is 5.56 Å². The number of halogens is 1. The molecule has 0 fully saturated rings. The van der Waals surface area contributed by atoms with Crippen molar-refractivity contribution in [3.05, 3.63) is 35.4 Å². The molecule has 4 heteroatoms. The Balaban J connectivity index is 0.00000225. The number of benzene rings is 1. The first-order valence-electron chi connectivity index (χ1n) is 5.18. The molecule has 1 aromatic rings. The summed E-state index contributed by atoms with van der Waals surface area (Å²) in [5.41, 5.74) is 7.32. The summed E-state index contributed by atoms with van der Waals surface area (Å²) < 4.78 is 0. The number of carbonyl (C=O) groups excluding carboxylic acids is 1. The van der Waals surface area contributed by atoms with E-state index in [1.165, 1.54) is 0 Å². The molecule has 90 valence electrons. The minimum Gasteiger partial charge on any atom is -0.352 e. The molecule has 1 unspecified atom stereocenters. The maximum atomic E-state index is 11.6. The van der Waals surface area contributed by atoms with Gasteiger partial charge in [-0.15, -0.1) is 12.4 Å². The smallest absolute Gasteiger partial charge is 0.251 e. The largest absolute Gasteiger partial charge is 0.352 e. The first-order valence-corrected chi connectivity index (χ1v) is 5.18. The highest BCUT2D eigenvalue weighted by Gasteiger charge is 2.05. The van der Waals surface area contributed by atoms with Crippen LogP contribution in [0.1, 0.15) is 22.8 Å². The van der Waals surface area contributed by atoms with Gasteiger partial charge in [0.2, 0.25) is 0 Å². The van der Waals surface area contributed by atoms with Crippen LogP contribution in [0.25, 0.3) is 0 Å².